The normalized spacial score (nSPS) is 21.1. The third kappa shape index (κ3) is 2.04. The van der Waals surface area contributed by atoms with Gasteiger partial charge in [-0.1, -0.05) is 6.07 Å². The molecule has 1 atom stereocenters. The predicted octanol–water partition coefficient (Wildman–Crippen LogP) is 1.87. The van der Waals surface area contributed by atoms with E-state index in [9.17, 15) is 0 Å². The lowest BCUT2D eigenvalue weighted by molar-refractivity contribution is 0.138. The second kappa shape index (κ2) is 3.96. The highest BCUT2D eigenvalue weighted by molar-refractivity contribution is 5.23. The number of hydrogen-bond acceptors (Lipinski definition) is 3. The highest BCUT2D eigenvalue weighted by Gasteiger charge is 2.17. The zero-order valence-electron chi connectivity index (χ0n) is 8.62. The molecule has 1 aliphatic heterocycles. The lowest BCUT2D eigenvalue weighted by Crippen LogP contribution is -2.16. The Morgan fingerprint density at radius 1 is 1.43 bits per heavy atom. The van der Waals surface area contributed by atoms with Crippen molar-refractivity contribution in [2.75, 3.05) is 13.2 Å². The van der Waals surface area contributed by atoms with Crippen LogP contribution in [0.1, 0.15) is 17.7 Å². The SMILES string of the molecule is Cc1ccc(OC2CCOC2)nc1C. The van der Waals surface area contributed by atoms with E-state index in [-0.39, 0.29) is 6.10 Å². The second-order valence-corrected chi connectivity index (χ2v) is 3.66. The number of ether oxygens (including phenoxy) is 2. The number of nitrogens with zero attached hydrogens (tertiary/aromatic N) is 1. The van der Waals surface area contributed by atoms with Crippen molar-refractivity contribution < 1.29 is 9.47 Å². The largest absolute Gasteiger partial charge is 0.472 e. The van der Waals surface area contributed by atoms with Crippen molar-refractivity contribution in [1.82, 2.24) is 4.98 Å². The lowest BCUT2D eigenvalue weighted by Gasteiger charge is -2.11. The van der Waals surface area contributed by atoms with Crippen LogP contribution in [0.25, 0.3) is 0 Å². The first-order valence-electron chi connectivity index (χ1n) is 4.94. The average Bonchev–Trinajstić information content (AvgIpc) is 2.64. The van der Waals surface area contributed by atoms with Crippen LogP contribution in [-0.2, 0) is 4.74 Å². The molecule has 0 saturated carbocycles. The molecular weight excluding hydrogens is 178 g/mol. The minimum atomic E-state index is 0.185. The van der Waals surface area contributed by atoms with E-state index in [0.717, 1.165) is 18.7 Å². The maximum absolute atomic E-state index is 5.68. The molecule has 1 saturated heterocycles. The van der Waals surface area contributed by atoms with Crippen molar-refractivity contribution in [2.45, 2.75) is 26.4 Å². The van der Waals surface area contributed by atoms with Crippen LogP contribution in [-0.4, -0.2) is 24.3 Å². The van der Waals surface area contributed by atoms with Gasteiger partial charge in [-0.25, -0.2) is 4.98 Å². The number of rotatable bonds is 2. The summed E-state index contributed by atoms with van der Waals surface area (Å²) in [5.41, 5.74) is 2.22. The topological polar surface area (TPSA) is 31.4 Å². The van der Waals surface area contributed by atoms with Crippen LogP contribution >= 0.6 is 0 Å². The second-order valence-electron chi connectivity index (χ2n) is 3.66. The molecule has 0 aliphatic carbocycles. The van der Waals surface area contributed by atoms with Crippen LogP contribution in [0.2, 0.25) is 0 Å². The molecule has 0 bridgehead atoms. The Morgan fingerprint density at radius 2 is 2.29 bits per heavy atom. The summed E-state index contributed by atoms with van der Waals surface area (Å²) in [6.07, 6.45) is 1.15. The summed E-state index contributed by atoms with van der Waals surface area (Å²) >= 11 is 0. The van der Waals surface area contributed by atoms with Crippen molar-refractivity contribution in [3.8, 4) is 5.88 Å². The number of hydrogen-bond donors (Lipinski definition) is 0. The van der Waals surface area contributed by atoms with Crippen molar-refractivity contribution >= 4 is 0 Å². The van der Waals surface area contributed by atoms with Crippen LogP contribution in [0.15, 0.2) is 12.1 Å². The van der Waals surface area contributed by atoms with Gasteiger partial charge in [0.25, 0.3) is 0 Å². The third-order valence-electron chi connectivity index (χ3n) is 2.50. The Kier molecular flexibility index (Phi) is 2.68. The van der Waals surface area contributed by atoms with E-state index in [0.29, 0.717) is 12.5 Å². The molecule has 76 valence electrons. The van der Waals surface area contributed by atoms with Crippen LogP contribution in [0.4, 0.5) is 0 Å². The molecule has 0 aromatic carbocycles. The van der Waals surface area contributed by atoms with Gasteiger partial charge in [-0.15, -0.1) is 0 Å². The van der Waals surface area contributed by atoms with Gasteiger partial charge in [0.15, 0.2) is 0 Å². The summed E-state index contributed by atoms with van der Waals surface area (Å²) in [4.78, 5) is 4.36. The fourth-order valence-electron chi connectivity index (χ4n) is 1.45. The first-order valence-corrected chi connectivity index (χ1v) is 4.94. The maximum Gasteiger partial charge on any atom is 0.213 e. The van der Waals surface area contributed by atoms with Gasteiger partial charge in [-0.2, -0.15) is 0 Å². The smallest absolute Gasteiger partial charge is 0.213 e. The maximum atomic E-state index is 5.68. The van der Waals surface area contributed by atoms with Gasteiger partial charge in [0, 0.05) is 18.2 Å². The monoisotopic (exact) mass is 193 g/mol. The summed E-state index contributed by atoms with van der Waals surface area (Å²) in [6, 6.07) is 3.95. The molecule has 0 spiro atoms. The molecule has 0 N–H and O–H groups in total. The Bertz CT molecular complexity index is 319. The summed E-state index contributed by atoms with van der Waals surface area (Å²) in [5.74, 6) is 0.712. The van der Waals surface area contributed by atoms with Gasteiger partial charge in [-0.3, -0.25) is 0 Å². The first-order chi connectivity index (χ1) is 6.75. The van der Waals surface area contributed by atoms with Crippen molar-refractivity contribution in [3.63, 3.8) is 0 Å². The van der Waals surface area contributed by atoms with Gasteiger partial charge in [0.05, 0.1) is 13.2 Å². The average molecular weight is 193 g/mol. The molecule has 1 aromatic rings. The number of pyridine rings is 1. The van der Waals surface area contributed by atoms with E-state index in [1.165, 1.54) is 5.56 Å². The van der Waals surface area contributed by atoms with E-state index in [1.54, 1.807) is 0 Å². The predicted molar refractivity (Wildman–Crippen MR) is 53.6 cm³/mol. The molecule has 14 heavy (non-hydrogen) atoms. The van der Waals surface area contributed by atoms with E-state index in [1.807, 2.05) is 26.0 Å². The molecule has 1 aliphatic rings. The molecule has 0 amide bonds. The molecule has 0 radical (unpaired) electrons. The molecule has 2 rings (SSSR count). The van der Waals surface area contributed by atoms with E-state index < -0.39 is 0 Å². The fraction of sp³-hybridized carbons (Fsp3) is 0.545. The van der Waals surface area contributed by atoms with Gasteiger partial charge in [0.1, 0.15) is 6.10 Å². The van der Waals surface area contributed by atoms with Gasteiger partial charge in [-0.05, 0) is 19.4 Å². The van der Waals surface area contributed by atoms with Gasteiger partial charge in [0.2, 0.25) is 5.88 Å². The van der Waals surface area contributed by atoms with Crippen LogP contribution in [0, 0.1) is 13.8 Å². The molecule has 1 fully saturated rings. The quantitative estimate of drug-likeness (QED) is 0.718. The Hall–Kier alpha value is -1.09. The molecule has 2 heterocycles. The molecule has 3 nitrogen and oxygen atoms in total. The summed E-state index contributed by atoms with van der Waals surface area (Å²) in [5, 5.41) is 0. The standard InChI is InChI=1S/C11H15NO2/c1-8-3-4-11(12-9(8)2)14-10-5-6-13-7-10/h3-4,10H,5-7H2,1-2H3. The zero-order valence-corrected chi connectivity index (χ0v) is 8.62. The lowest BCUT2D eigenvalue weighted by atomic mass is 10.2. The molecule has 1 unspecified atom stereocenters. The van der Waals surface area contributed by atoms with Crippen molar-refractivity contribution in [3.05, 3.63) is 23.4 Å². The highest BCUT2D eigenvalue weighted by Crippen LogP contribution is 2.16. The highest BCUT2D eigenvalue weighted by atomic mass is 16.5. The Labute approximate surface area is 84.1 Å². The number of aryl methyl sites for hydroxylation is 2. The van der Waals surface area contributed by atoms with Gasteiger partial charge < -0.3 is 9.47 Å². The summed E-state index contributed by atoms with van der Waals surface area (Å²) in [7, 11) is 0. The number of aromatic nitrogens is 1. The van der Waals surface area contributed by atoms with Crippen LogP contribution < -0.4 is 4.74 Å². The van der Waals surface area contributed by atoms with E-state index in [2.05, 4.69) is 4.98 Å². The van der Waals surface area contributed by atoms with Crippen molar-refractivity contribution in [1.29, 1.82) is 0 Å². The van der Waals surface area contributed by atoms with Gasteiger partial charge >= 0.3 is 0 Å². The Balaban J connectivity index is 2.05. The fourth-order valence-corrected chi connectivity index (χ4v) is 1.45. The minimum absolute atomic E-state index is 0.185. The van der Waals surface area contributed by atoms with Crippen LogP contribution in [0.5, 0.6) is 5.88 Å². The summed E-state index contributed by atoms with van der Waals surface area (Å²) < 4.78 is 10.9. The minimum Gasteiger partial charge on any atom is -0.472 e. The summed E-state index contributed by atoms with van der Waals surface area (Å²) in [6.45, 7) is 5.53. The first kappa shape index (κ1) is 9.46. The third-order valence-corrected chi connectivity index (χ3v) is 2.50. The molecular formula is C11H15NO2. The van der Waals surface area contributed by atoms with E-state index >= 15 is 0 Å². The molecule has 1 aromatic heterocycles. The molecule has 3 heteroatoms. The zero-order chi connectivity index (χ0) is 9.97. The van der Waals surface area contributed by atoms with Crippen LogP contribution in [0.3, 0.4) is 0 Å². The van der Waals surface area contributed by atoms with Crippen molar-refractivity contribution in [2.24, 2.45) is 0 Å². The van der Waals surface area contributed by atoms with E-state index in [4.69, 9.17) is 9.47 Å². The Morgan fingerprint density at radius 3 is 2.93 bits per heavy atom.